The Morgan fingerprint density at radius 3 is 2.53 bits per heavy atom. The summed E-state index contributed by atoms with van der Waals surface area (Å²) in [4.78, 5) is 15.2. The third-order valence-corrected chi connectivity index (χ3v) is 6.63. The van der Waals surface area contributed by atoms with Crippen molar-refractivity contribution >= 4 is 17.3 Å². The molecule has 2 heterocycles. The van der Waals surface area contributed by atoms with Gasteiger partial charge >= 0.3 is 0 Å². The maximum absolute atomic E-state index is 13.3. The number of carbonyl (C=O) groups excluding carboxylic acids is 1. The van der Waals surface area contributed by atoms with Gasteiger partial charge in [-0.15, -0.1) is 0 Å². The van der Waals surface area contributed by atoms with Crippen LogP contribution in [0.1, 0.15) is 49.0 Å². The molecule has 32 heavy (non-hydrogen) atoms. The lowest BCUT2D eigenvalue weighted by molar-refractivity contribution is 0.0695. The van der Waals surface area contributed by atoms with Gasteiger partial charge in [-0.3, -0.25) is 4.79 Å². The molecule has 2 aliphatic heterocycles. The summed E-state index contributed by atoms with van der Waals surface area (Å²) < 4.78 is 10.9. The first kappa shape index (κ1) is 22.1. The standard InChI is InChI=1S/C26H33N3O3/c1-5-7-18-16-19(8-11-23(18)32-4)25(30)29-14-12-26(13-15-29)24(6-2)27-21-10-9-20(31-3)17-22(21)28-26/h6,8-11,16-17,27-28H,5,7,12-15H2,1-4H3/b24-6-. The number of carbonyl (C=O) groups is 1. The molecule has 2 N–H and O–H groups in total. The zero-order valence-electron chi connectivity index (χ0n) is 19.5. The number of anilines is 2. The Kier molecular flexibility index (Phi) is 6.31. The van der Waals surface area contributed by atoms with Crippen molar-refractivity contribution < 1.29 is 14.3 Å². The Hall–Kier alpha value is -3.15. The van der Waals surface area contributed by atoms with E-state index in [0.29, 0.717) is 13.1 Å². The summed E-state index contributed by atoms with van der Waals surface area (Å²) in [5, 5.41) is 7.36. The first-order chi connectivity index (χ1) is 15.5. The van der Waals surface area contributed by atoms with Crippen LogP contribution in [0.3, 0.4) is 0 Å². The van der Waals surface area contributed by atoms with Gasteiger partial charge in [0.25, 0.3) is 5.91 Å². The highest BCUT2D eigenvalue weighted by Crippen LogP contribution is 2.42. The summed E-state index contributed by atoms with van der Waals surface area (Å²) in [6, 6.07) is 11.8. The fraction of sp³-hybridized carbons (Fsp3) is 0.423. The van der Waals surface area contributed by atoms with E-state index in [-0.39, 0.29) is 11.4 Å². The Bertz CT molecular complexity index is 1020. The van der Waals surface area contributed by atoms with Gasteiger partial charge in [0.15, 0.2) is 0 Å². The molecule has 1 amide bonds. The highest BCUT2D eigenvalue weighted by atomic mass is 16.5. The topological polar surface area (TPSA) is 62.8 Å². The van der Waals surface area contributed by atoms with Crippen LogP contribution in [0.5, 0.6) is 11.5 Å². The average Bonchev–Trinajstić information content (AvgIpc) is 2.83. The molecule has 2 aliphatic rings. The van der Waals surface area contributed by atoms with Crippen molar-refractivity contribution in [1.29, 1.82) is 0 Å². The van der Waals surface area contributed by atoms with E-state index in [0.717, 1.165) is 65.4 Å². The number of ether oxygens (including phenoxy) is 2. The molecule has 2 aromatic rings. The van der Waals surface area contributed by atoms with Crippen molar-refractivity contribution in [3.63, 3.8) is 0 Å². The summed E-state index contributed by atoms with van der Waals surface area (Å²) in [5.74, 6) is 1.77. The molecule has 6 heteroatoms. The van der Waals surface area contributed by atoms with E-state index in [9.17, 15) is 4.79 Å². The molecule has 0 aliphatic carbocycles. The maximum atomic E-state index is 13.3. The van der Waals surface area contributed by atoms with Crippen LogP contribution in [0.25, 0.3) is 0 Å². The number of likely N-dealkylation sites (tertiary alicyclic amines) is 1. The van der Waals surface area contributed by atoms with E-state index in [2.05, 4.69) is 30.6 Å². The number of methoxy groups -OCH3 is 2. The number of allylic oxidation sites excluding steroid dienone is 1. The molecule has 0 unspecified atom stereocenters. The fourth-order valence-corrected chi connectivity index (χ4v) is 4.85. The quantitative estimate of drug-likeness (QED) is 0.686. The number of piperidine rings is 1. The zero-order chi connectivity index (χ0) is 22.7. The second-order valence-electron chi connectivity index (χ2n) is 8.51. The molecule has 1 spiro atoms. The van der Waals surface area contributed by atoms with Gasteiger partial charge in [-0.25, -0.2) is 0 Å². The molecular formula is C26H33N3O3. The van der Waals surface area contributed by atoms with E-state index in [1.165, 1.54) is 0 Å². The van der Waals surface area contributed by atoms with Crippen molar-refractivity contribution in [2.24, 2.45) is 0 Å². The molecule has 1 saturated heterocycles. The van der Waals surface area contributed by atoms with Gasteiger partial charge in [0.2, 0.25) is 0 Å². The third kappa shape index (κ3) is 4.01. The van der Waals surface area contributed by atoms with Crippen LogP contribution in [-0.4, -0.2) is 43.7 Å². The van der Waals surface area contributed by atoms with Gasteiger partial charge < -0.3 is 25.0 Å². The number of amides is 1. The Labute approximate surface area is 190 Å². The largest absolute Gasteiger partial charge is 0.497 e. The van der Waals surface area contributed by atoms with Crippen molar-refractivity contribution in [3.8, 4) is 11.5 Å². The minimum Gasteiger partial charge on any atom is -0.497 e. The second-order valence-corrected chi connectivity index (χ2v) is 8.51. The Morgan fingerprint density at radius 1 is 1.09 bits per heavy atom. The van der Waals surface area contributed by atoms with Gasteiger partial charge in [-0.05, 0) is 62.1 Å². The van der Waals surface area contributed by atoms with Crippen molar-refractivity contribution in [1.82, 2.24) is 4.90 Å². The van der Waals surface area contributed by atoms with Crippen LogP contribution in [0.2, 0.25) is 0 Å². The third-order valence-electron chi connectivity index (χ3n) is 6.63. The number of nitrogens with zero attached hydrogens (tertiary/aromatic N) is 1. The van der Waals surface area contributed by atoms with Gasteiger partial charge in [0.1, 0.15) is 11.5 Å². The van der Waals surface area contributed by atoms with Crippen LogP contribution in [0.4, 0.5) is 11.4 Å². The van der Waals surface area contributed by atoms with Crippen LogP contribution >= 0.6 is 0 Å². The van der Waals surface area contributed by atoms with Gasteiger partial charge in [0.05, 0.1) is 31.1 Å². The van der Waals surface area contributed by atoms with Crippen molar-refractivity contribution in [3.05, 3.63) is 59.3 Å². The predicted molar refractivity (Wildman–Crippen MR) is 129 cm³/mol. The predicted octanol–water partition coefficient (Wildman–Crippen LogP) is 5.07. The van der Waals surface area contributed by atoms with Gasteiger partial charge in [-0.1, -0.05) is 19.4 Å². The van der Waals surface area contributed by atoms with Crippen molar-refractivity contribution in [2.45, 2.75) is 45.1 Å². The molecule has 0 radical (unpaired) electrons. The summed E-state index contributed by atoms with van der Waals surface area (Å²) in [7, 11) is 3.36. The van der Waals surface area contributed by atoms with Crippen LogP contribution in [0.15, 0.2) is 48.2 Å². The molecule has 0 bridgehead atoms. The molecule has 0 atom stereocenters. The minimum atomic E-state index is -0.210. The maximum Gasteiger partial charge on any atom is 0.253 e. The molecule has 170 valence electrons. The SMILES string of the molecule is C/C=C1\Nc2ccc(OC)cc2NC12CCN(C(=O)c1ccc(OC)c(CCC)c1)CC2. The Balaban J connectivity index is 1.51. The smallest absolute Gasteiger partial charge is 0.253 e. The lowest BCUT2D eigenvalue weighted by Gasteiger charge is -2.47. The fourth-order valence-electron chi connectivity index (χ4n) is 4.85. The molecule has 4 rings (SSSR count). The summed E-state index contributed by atoms with van der Waals surface area (Å²) in [5.41, 5.74) is 4.87. The number of aryl methyl sites for hydroxylation is 1. The van der Waals surface area contributed by atoms with E-state index in [4.69, 9.17) is 9.47 Å². The normalized spacial score (nSPS) is 18.0. The zero-order valence-corrected chi connectivity index (χ0v) is 19.5. The number of hydrogen-bond donors (Lipinski definition) is 2. The van der Waals surface area contributed by atoms with E-state index in [1.807, 2.05) is 41.3 Å². The van der Waals surface area contributed by atoms with E-state index in [1.54, 1.807) is 14.2 Å². The second kappa shape index (κ2) is 9.15. The number of fused-ring (bicyclic) bond motifs is 1. The minimum absolute atomic E-state index is 0.0905. The van der Waals surface area contributed by atoms with Crippen LogP contribution in [0, 0.1) is 0 Å². The molecule has 6 nitrogen and oxygen atoms in total. The summed E-state index contributed by atoms with van der Waals surface area (Å²) in [6.45, 7) is 5.58. The molecule has 2 aromatic carbocycles. The van der Waals surface area contributed by atoms with Gasteiger partial charge in [0, 0.05) is 30.4 Å². The molecule has 0 saturated carbocycles. The Morgan fingerprint density at radius 2 is 1.88 bits per heavy atom. The van der Waals surface area contributed by atoms with Crippen LogP contribution < -0.4 is 20.1 Å². The first-order valence-corrected chi connectivity index (χ1v) is 11.4. The highest BCUT2D eigenvalue weighted by molar-refractivity contribution is 5.94. The molecule has 1 fully saturated rings. The van der Waals surface area contributed by atoms with Crippen molar-refractivity contribution in [2.75, 3.05) is 37.9 Å². The van der Waals surface area contributed by atoms with Crippen LogP contribution in [-0.2, 0) is 6.42 Å². The molecule has 0 aromatic heterocycles. The summed E-state index contributed by atoms with van der Waals surface area (Å²) >= 11 is 0. The molecular weight excluding hydrogens is 402 g/mol. The van der Waals surface area contributed by atoms with E-state index < -0.39 is 0 Å². The lowest BCUT2D eigenvalue weighted by atomic mass is 9.81. The number of benzene rings is 2. The first-order valence-electron chi connectivity index (χ1n) is 11.4. The van der Waals surface area contributed by atoms with E-state index >= 15 is 0 Å². The van der Waals surface area contributed by atoms with Gasteiger partial charge in [-0.2, -0.15) is 0 Å². The monoisotopic (exact) mass is 435 g/mol. The lowest BCUT2D eigenvalue weighted by Crippen LogP contribution is -2.54. The summed E-state index contributed by atoms with van der Waals surface area (Å²) in [6.07, 6.45) is 5.71. The number of rotatable bonds is 5. The number of hydrogen-bond acceptors (Lipinski definition) is 5. The highest BCUT2D eigenvalue weighted by Gasteiger charge is 2.42. The average molecular weight is 436 g/mol. The number of nitrogens with one attached hydrogen (secondary N) is 2.